The molecular weight excluding hydrogens is 395 g/mol. The lowest BCUT2D eigenvalue weighted by Crippen LogP contribution is -2.16. The van der Waals surface area contributed by atoms with E-state index in [1.54, 1.807) is 30.3 Å². The monoisotopic (exact) mass is 411 g/mol. The second kappa shape index (κ2) is 7.38. The average molecular weight is 411 g/mol. The first-order valence-corrected chi connectivity index (χ1v) is 9.65. The van der Waals surface area contributed by atoms with Gasteiger partial charge >= 0.3 is 6.18 Å². The van der Waals surface area contributed by atoms with Gasteiger partial charge in [-0.2, -0.15) is 18.3 Å². The van der Waals surface area contributed by atoms with E-state index in [1.165, 1.54) is 18.2 Å². The van der Waals surface area contributed by atoms with Gasteiger partial charge in [0.1, 0.15) is 0 Å². The highest BCUT2D eigenvalue weighted by molar-refractivity contribution is 7.89. The number of alkyl halides is 3. The number of nitrogens with zero attached hydrogens (tertiary/aromatic N) is 2. The summed E-state index contributed by atoms with van der Waals surface area (Å²) in [7, 11) is -4.06. The largest absolute Gasteiger partial charge is 0.435 e. The number of nitrogens with two attached hydrogens (primary N) is 1. The van der Waals surface area contributed by atoms with Crippen LogP contribution in [0.4, 0.5) is 13.2 Å². The molecule has 0 atom stereocenters. The van der Waals surface area contributed by atoms with Crippen molar-refractivity contribution in [2.45, 2.75) is 17.5 Å². The molecule has 0 bridgehead atoms. The number of benzene rings is 2. The molecule has 0 aliphatic heterocycles. The molecule has 0 spiro atoms. The van der Waals surface area contributed by atoms with E-state index < -0.39 is 21.9 Å². The number of hydrogen-bond acceptors (Lipinski definition) is 4. The Morgan fingerprint density at radius 2 is 1.75 bits per heavy atom. The summed E-state index contributed by atoms with van der Waals surface area (Å²) in [5, 5.41) is 18.1. The van der Waals surface area contributed by atoms with Gasteiger partial charge in [0.05, 0.1) is 16.3 Å². The van der Waals surface area contributed by atoms with Gasteiger partial charge in [-0.25, -0.2) is 18.2 Å². The molecule has 0 aliphatic rings. The van der Waals surface area contributed by atoms with Crippen LogP contribution in [0, 0.1) is 0 Å². The second-order valence-electron chi connectivity index (χ2n) is 6.00. The van der Waals surface area contributed by atoms with Crippen LogP contribution in [0.1, 0.15) is 11.3 Å². The predicted molar refractivity (Wildman–Crippen MR) is 96.2 cm³/mol. The summed E-state index contributed by atoms with van der Waals surface area (Å²) in [6, 6.07) is 13.2. The maximum Gasteiger partial charge on any atom is 0.435 e. The molecule has 0 saturated heterocycles. The minimum atomic E-state index is -4.65. The molecule has 0 amide bonds. The molecule has 28 heavy (non-hydrogen) atoms. The van der Waals surface area contributed by atoms with Crippen LogP contribution in [0.3, 0.4) is 0 Å². The third-order valence-corrected chi connectivity index (χ3v) is 5.06. The lowest BCUT2D eigenvalue weighted by molar-refractivity contribution is -0.141. The van der Waals surface area contributed by atoms with Crippen molar-refractivity contribution in [2.24, 2.45) is 5.14 Å². The third-order valence-electron chi connectivity index (χ3n) is 4.05. The Morgan fingerprint density at radius 3 is 2.32 bits per heavy atom. The van der Waals surface area contributed by atoms with Crippen LogP contribution in [-0.4, -0.2) is 29.9 Å². The van der Waals surface area contributed by atoms with E-state index in [9.17, 15) is 26.7 Å². The van der Waals surface area contributed by atoms with Crippen LogP contribution in [-0.2, 0) is 22.6 Å². The van der Waals surface area contributed by atoms with E-state index in [2.05, 4.69) is 5.10 Å². The van der Waals surface area contributed by atoms with Crippen molar-refractivity contribution < 1.29 is 26.7 Å². The fraction of sp³-hybridized carbons (Fsp3) is 0.167. The summed E-state index contributed by atoms with van der Waals surface area (Å²) >= 11 is 0. The summed E-state index contributed by atoms with van der Waals surface area (Å²) < 4.78 is 64.2. The number of hydrogen-bond donors (Lipinski definition) is 2. The molecule has 0 unspecified atom stereocenters. The zero-order valence-corrected chi connectivity index (χ0v) is 15.2. The number of primary sulfonamides is 1. The summed E-state index contributed by atoms with van der Waals surface area (Å²) in [4.78, 5) is -0.199. The minimum absolute atomic E-state index is 0.0341. The maximum absolute atomic E-state index is 13.2. The van der Waals surface area contributed by atoms with Gasteiger partial charge in [0, 0.05) is 12.2 Å². The SMILES string of the molecule is NS(=O)(=O)c1ccc(-n2nc(C(F)(F)F)cc2-c2ccccc2)cc1CCO. The fourth-order valence-corrected chi connectivity index (χ4v) is 3.61. The molecule has 2 aromatic carbocycles. The number of aliphatic hydroxyl groups excluding tert-OH is 1. The van der Waals surface area contributed by atoms with Crippen molar-refractivity contribution in [3.8, 4) is 16.9 Å². The summed E-state index contributed by atoms with van der Waals surface area (Å²) in [6.07, 6.45) is -4.68. The highest BCUT2D eigenvalue weighted by atomic mass is 32.2. The molecular formula is C18H16F3N3O3S. The van der Waals surface area contributed by atoms with E-state index in [4.69, 9.17) is 5.14 Å². The molecule has 3 aromatic rings. The number of sulfonamides is 1. The molecule has 0 saturated carbocycles. The number of halogens is 3. The van der Waals surface area contributed by atoms with Gasteiger partial charge in [0.25, 0.3) is 0 Å². The Morgan fingerprint density at radius 1 is 1.07 bits per heavy atom. The van der Waals surface area contributed by atoms with Crippen LogP contribution in [0.25, 0.3) is 16.9 Å². The molecule has 1 aromatic heterocycles. The van der Waals surface area contributed by atoms with E-state index in [0.717, 1.165) is 10.7 Å². The Kier molecular flexibility index (Phi) is 5.28. The van der Waals surface area contributed by atoms with Crippen molar-refractivity contribution in [2.75, 3.05) is 6.61 Å². The first kappa shape index (κ1) is 20.1. The van der Waals surface area contributed by atoms with Crippen molar-refractivity contribution in [1.29, 1.82) is 0 Å². The van der Waals surface area contributed by atoms with E-state index in [0.29, 0.717) is 5.56 Å². The van der Waals surface area contributed by atoms with Gasteiger partial charge in [0.15, 0.2) is 5.69 Å². The summed E-state index contributed by atoms with van der Waals surface area (Å²) in [5.41, 5.74) is 0.0114. The molecule has 148 valence electrons. The molecule has 0 radical (unpaired) electrons. The standard InChI is InChI=1S/C18H16F3N3O3S/c19-18(20,21)17-11-15(12-4-2-1-3-5-12)24(23-17)14-6-7-16(28(22,26)27)13(10-14)8-9-25/h1-7,10-11,25H,8-9H2,(H2,22,26,27). The molecule has 6 nitrogen and oxygen atoms in total. The Labute approximate surface area is 159 Å². The number of rotatable bonds is 5. The van der Waals surface area contributed by atoms with Crippen molar-refractivity contribution in [1.82, 2.24) is 9.78 Å². The number of aliphatic hydroxyl groups is 1. The second-order valence-corrected chi connectivity index (χ2v) is 7.53. The topological polar surface area (TPSA) is 98.2 Å². The van der Waals surface area contributed by atoms with Crippen molar-refractivity contribution in [3.63, 3.8) is 0 Å². The zero-order chi connectivity index (χ0) is 20.5. The van der Waals surface area contributed by atoms with Crippen LogP contribution in [0.5, 0.6) is 0 Å². The van der Waals surface area contributed by atoms with Gasteiger partial charge in [-0.15, -0.1) is 0 Å². The van der Waals surface area contributed by atoms with Gasteiger partial charge in [-0.05, 0) is 36.2 Å². The smallest absolute Gasteiger partial charge is 0.396 e. The minimum Gasteiger partial charge on any atom is -0.396 e. The van der Waals surface area contributed by atoms with Crippen molar-refractivity contribution in [3.05, 3.63) is 65.9 Å². The molecule has 1 heterocycles. The van der Waals surface area contributed by atoms with Gasteiger partial charge in [-0.1, -0.05) is 30.3 Å². The average Bonchev–Trinajstić information content (AvgIpc) is 3.07. The van der Waals surface area contributed by atoms with E-state index in [1.807, 2.05) is 0 Å². The van der Waals surface area contributed by atoms with Crippen LogP contribution < -0.4 is 5.14 Å². The van der Waals surface area contributed by atoms with Gasteiger partial charge in [-0.3, -0.25) is 0 Å². The Hall–Kier alpha value is -2.69. The quantitative estimate of drug-likeness (QED) is 0.675. The molecule has 0 fully saturated rings. The molecule has 3 rings (SSSR count). The van der Waals surface area contributed by atoms with Crippen molar-refractivity contribution >= 4 is 10.0 Å². The zero-order valence-electron chi connectivity index (χ0n) is 14.4. The first-order chi connectivity index (χ1) is 13.1. The molecule has 0 aliphatic carbocycles. The fourth-order valence-electron chi connectivity index (χ4n) is 2.82. The lowest BCUT2D eigenvalue weighted by atomic mass is 10.1. The molecule has 3 N–H and O–H groups in total. The van der Waals surface area contributed by atoms with Crippen LogP contribution in [0.15, 0.2) is 59.5 Å². The van der Waals surface area contributed by atoms with Gasteiger partial charge < -0.3 is 5.11 Å². The summed E-state index contributed by atoms with van der Waals surface area (Å²) in [5.74, 6) is 0. The summed E-state index contributed by atoms with van der Waals surface area (Å²) in [6.45, 7) is -0.357. The van der Waals surface area contributed by atoms with E-state index >= 15 is 0 Å². The predicted octanol–water partition coefficient (Wildman–Crippen LogP) is 2.74. The molecule has 10 heteroatoms. The maximum atomic E-state index is 13.2. The Bertz CT molecular complexity index is 1090. The van der Waals surface area contributed by atoms with E-state index in [-0.39, 0.29) is 34.9 Å². The number of aromatic nitrogens is 2. The lowest BCUT2D eigenvalue weighted by Gasteiger charge is -2.12. The highest BCUT2D eigenvalue weighted by Gasteiger charge is 2.35. The third kappa shape index (κ3) is 4.08. The first-order valence-electron chi connectivity index (χ1n) is 8.11. The normalized spacial score (nSPS) is 12.3. The van der Waals surface area contributed by atoms with Crippen LogP contribution >= 0.6 is 0 Å². The van der Waals surface area contributed by atoms with Gasteiger partial charge in [0.2, 0.25) is 10.0 Å². The Balaban J connectivity index is 2.23. The van der Waals surface area contributed by atoms with Crippen LogP contribution in [0.2, 0.25) is 0 Å². The highest BCUT2D eigenvalue weighted by Crippen LogP contribution is 2.33.